The van der Waals surface area contributed by atoms with Crippen molar-refractivity contribution < 1.29 is 14.3 Å². The van der Waals surface area contributed by atoms with E-state index in [2.05, 4.69) is 11.7 Å². The second-order valence-corrected chi connectivity index (χ2v) is 3.41. The lowest BCUT2D eigenvalue weighted by Gasteiger charge is -2.17. The van der Waals surface area contributed by atoms with Crippen LogP contribution in [0.25, 0.3) is 0 Å². The molecule has 0 spiro atoms. The van der Waals surface area contributed by atoms with E-state index in [4.69, 9.17) is 9.47 Å². The average molecular weight is 200 g/mol. The minimum Gasteiger partial charge on any atom is -0.435 e. The maximum Gasteiger partial charge on any atom is 0.325 e. The number of hydrogen-bond acceptors (Lipinski definition) is 4. The molecule has 0 amide bonds. The molecule has 0 aromatic rings. The molecular weight excluding hydrogens is 182 g/mol. The number of carbonyl (C=O) groups excluding carboxylic acids is 1. The SMILES string of the molecule is COC(C)OC(=O)C1C[CH]CCCN1. The Morgan fingerprint density at radius 3 is 3.14 bits per heavy atom. The van der Waals surface area contributed by atoms with Crippen LogP contribution in [0.1, 0.15) is 26.2 Å². The number of methoxy groups -OCH3 is 1. The van der Waals surface area contributed by atoms with Crippen LogP contribution in [-0.4, -0.2) is 32.0 Å². The van der Waals surface area contributed by atoms with E-state index in [1.165, 1.54) is 7.11 Å². The summed E-state index contributed by atoms with van der Waals surface area (Å²) in [5, 5.41) is 3.15. The predicted molar refractivity (Wildman–Crippen MR) is 52.5 cm³/mol. The van der Waals surface area contributed by atoms with Gasteiger partial charge in [-0.15, -0.1) is 0 Å². The molecule has 1 fully saturated rings. The monoisotopic (exact) mass is 200 g/mol. The van der Waals surface area contributed by atoms with Crippen molar-refractivity contribution in [3.05, 3.63) is 6.42 Å². The highest BCUT2D eigenvalue weighted by atomic mass is 16.7. The fraction of sp³-hybridized carbons (Fsp3) is 0.800. The van der Waals surface area contributed by atoms with Gasteiger partial charge in [-0.25, -0.2) is 0 Å². The van der Waals surface area contributed by atoms with Gasteiger partial charge in [0, 0.05) is 7.11 Å². The number of rotatable bonds is 3. The molecule has 1 radical (unpaired) electrons. The molecule has 1 rings (SSSR count). The van der Waals surface area contributed by atoms with Gasteiger partial charge in [-0.05, 0) is 39.2 Å². The molecule has 2 unspecified atom stereocenters. The molecule has 0 bridgehead atoms. The number of esters is 1. The summed E-state index contributed by atoms with van der Waals surface area (Å²) < 4.78 is 9.91. The lowest BCUT2D eigenvalue weighted by Crippen LogP contribution is -2.39. The van der Waals surface area contributed by atoms with Gasteiger partial charge >= 0.3 is 5.97 Å². The fourth-order valence-electron chi connectivity index (χ4n) is 1.36. The lowest BCUT2D eigenvalue weighted by molar-refractivity contribution is -0.172. The molecule has 1 N–H and O–H groups in total. The first-order valence-corrected chi connectivity index (χ1v) is 5.02. The Bertz CT molecular complexity index is 176. The van der Waals surface area contributed by atoms with Gasteiger partial charge in [-0.3, -0.25) is 4.79 Å². The van der Waals surface area contributed by atoms with Gasteiger partial charge in [0.25, 0.3) is 0 Å². The van der Waals surface area contributed by atoms with Gasteiger partial charge in [-0.1, -0.05) is 0 Å². The first-order chi connectivity index (χ1) is 6.74. The van der Waals surface area contributed by atoms with E-state index < -0.39 is 6.29 Å². The quantitative estimate of drug-likeness (QED) is 0.542. The Kier molecular flexibility index (Phi) is 4.90. The third-order valence-corrected chi connectivity index (χ3v) is 2.28. The third kappa shape index (κ3) is 3.64. The largest absolute Gasteiger partial charge is 0.435 e. The van der Waals surface area contributed by atoms with Crippen LogP contribution in [0.4, 0.5) is 0 Å². The molecule has 4 nitrogen and oxygen atoms in total. The molecule has 1 heterocycles. The van der Waals surface area contributed by atoms with E-state index >= 15 is 0 Å². The fourth-order valence-corrected chi connectivity index (χ4v) is 1.36. The van der Waals surface area contributed by atoms with Crippen LogP contribution >= 0.6 is 0 Å². The van der Waals surface area contributed by atoms with Crippen LogP contribution < -0.4 is 5.32 Å². The summed E-state index contributed by atoms with van der Waals surface area (Å²) in [5.74, 6) is -0.225. The van der Waals surface area contributed by atoms with Crippen molar-refractivity contribution in [2.75, 3.05) is 13.7 Å². The van der Waals surface area contributed by atoms with Crippen molar-refractivity contribution in [2.45, 2.75) is 38.5 Å². The molecule has 4 heteroatoms. The highest BCUT2D eigenvalue weighted by Crippen LogP contribution is 2.09. The van der Waals surface area contributed by atoms with E-state index in [1.54, 1.807) is 6.92 Å². The van der Waals surface area contributed by atoms with Crippen LogP contribution in [-0.2, 0) is 14.3 Å². The highest BCUT2D eigenvalue weighted by molar-refractivity contribution is 5.76. The summed E-state index contributed by atoms with van der Waals surface area (Å²) in [6.07, 6.45) is 4.56. The van der Waals surface area contributed by atoms with Crippen molar-refractivity contribution in [2.24, 2.45) is 0 Å². The molecule has 0 aliphatic carbocycles. The third-order valence-electron chi connectivity index (χ3n) is 2.28. The zero-order valence-corrected chi connectivity index (χ0v) is 8.79. The summed E-state index contributed by atoms with van der Waals surface area (Å²) in [6.45, 7) is 2.58. The predicted octanol–water partition coefficient (Wildman–Crippen LogP) is 0.868. The highest BCUT2D eigenvalue weighted by Gasteiger charge is 2.22. The lowest BCUT2D eigenvalue weighted by atomic mass is 10.1. The molecule has 14 heavy (non-hydrogen) atoms. The summed E-state index contributed by atoms with van der Waals surface area (Å²) in [5.41, 5.74) is 0. The molecule has 0 saturated carbocycles. The van der Waals surface area contributed by atoms with Crippen molar-refractivity contribution >= 4 is 5.97 Å². The van der Waals surface area contributed by atoms with Crippen molar-refractivity contribution in [3.8, 4) is 0 Å². The van der Waals surface area contributed by atoms with Crippen molar-refractivity contribution in [1.82, 2.24) is 5.32 Å². The first-order valence-electron chi connectivity index (χ1n) is 5.02. The van der Waals surface area contributed by atoms with Gasteiger partial charge in [-0.2, -0.15) is 0 Å². The van der Waals surface area contributed by atoms with Crippen LogP contribution in [0.15, 0.2) is 0 Å². The van der Waals surface area contributed by atoms with Gasteiger partial charge in [0.05, 0.1) is 0 Å². The molecule has 1 saturated heterocycles. The van der Waals surface area contributed by atoms with Crippen LogP contribution in [0.3, 0.4) is 0 Å². The summed E-state index contributed by atoms with van der Waals surface area (Å²) in [6, 6.07) is -0.199. The van der Waals surface area contributed by atoms with Crippen molar-refractivity contribution in [3.63, 3.8) is 0 Å². The Morgan fingerprint density at radius 1 is 1.64 bits per heavy atom. The number of hydrogen-bond donors (Lipinski definition) is 1. The van der Waals surface area contributed by atoms with E-state index in [0.29, 0.717) is 0 Å². The maximum absolute atomic E-state index is 11.5. The van der Waals surface area contributed by atoms with Gasteiger partial charge in [0.1, 0.15) is 6.04 Å². The standard InChI is InChI=1S/C10H18NO3/c1-8(13-2)14-10(12)9-6-4-3-5-7-11-9/h4,8-9,11H,3,5-7H2,1-2H3. The molecule has 0 aromatic carbocycles. The smallest absolute Gasteiger partial charge is 0.325 e. The van der Waals surface area contributed by atoms with Crippen LogP contribution in [0, 0.1) is 6.42 Å². The Balaban J connectivity index is 2.34. The van der Waals surface area contributed by atoms with Gasteiger partial charge in [0.15, 0.2) is 6.29 Å². The van der Waals surface area contributed by atoms with Crippen LogP contribution in [0.5, 0.6) is 0 Å². The minimum atomic E-state index is -0.465. The zero-order valence-electron chi connectivity index (χ0n) is 8.79. The van der Waals surface area contributed by atoms with E-state index in [1.807, 2.05) is 0 Å². The van der Waals surface area contributed by atoms with Crippen molar-refractivity contribution in [1.29, 1.82) is 0 Å². The summed E-state index contributed by atoms with van der Waals surface area (Å²) >= 11 is 0. The van der Waals surface area contributed by atoms with Gasteiger partial charge < -0.3 is 14.8 Å². The minimum absolute atomic E-state index is 0.199. The molecular formula is C10H18NO3. The summed E-state index contributed by atoms with van der Waals surface area (Å²) in [7, 11) is 1.52. The van der Waals surface area contributed by atoms with Gasteiger partial charge in [0.2, 0.25) is 0 Å². The Morgan fingerprint density at radius 2 is 2.43 bits per heavy atom. The van der Waals surface area contributed by atoms with Crippen LogP contribution in [0.2, 0.25) is 0 Å². The normalized spacial score (nSPS) is 25.1. The van der Waals surface area contributed by atoms with E-state index in [-0.39, 0.29) is 12.0 Å². The maximum atomic E-state index is 11.5. The summed E-state index contributed by atoms with van der Waals surface area (Å²) in [4.78, 5) is 11.5. The second kappa shape index (κ2) is 5.98. The average Bonchev–Trinajstić information content (AvgIpc) is 2.45. The second-order valence-electron chi connectivity index (χ2n) is 3.41. The molecule has 2 atom stereocenters. The number of carbonyl (C=O) groups is 1. The topological polar surface area (TPSA) is 47.6 Å². The first kappa shape index (κ1) is 11.5. The molecule has 81 valence electrons. The Hall–Kier alpha value is -0.610. The molecule has 0 aromatic heterocycles. The van der Waals surface area contributed by atoms with E-state index in [9.17, 15) is 4.79 Å². The molecule has 1 aliphatic heterocycles. The molecule has 1 aliphatic rings. The number of ether oxygens (including phenoxy) is 2. The van der Waals surface area contributed by atoms with E-state index in [0.717, 1.165) is 25.8 Å². The Labute approximate surface area is 85.0 Å². The number of nitrogens with one attached hydrogen (secondary N) is 1. The zero-order chi connectivity index (χ0) is 10.4.